The standard InChI is InChI=1S/C9H7BrN2S/c10-7-2-1-3-8(6-7)12-9-11-4-5-13-9/h1-6H,(H,11,12). The molecule has 1 N–H and O–H groups in total. The lowest BCUT2D eigenvalue weighted by atomic mass is 10.3. The molecular formula is C9H7BrN2S. The lowest BCUT2D eigenvalue weighted by molar-refractivity contribution is 1.39. The van der Waals surface area contributed by atoms with Crippen LogP contribution in [-0.4, -0.2) is 4.98 Å². The predicted molar refractivity (Wildman–Crippen MR) is 59.5 cm³/mol. The predicted octanol–water partition coefficient (Wildman–Crippen LogP) is 3.65. The summed E-state index contributed by atoms with van der Waals surface area (Å²) in [5.74, 6) is 0. The number of halogens is 1. The Morgan fingerprint density at radius 3 is 3.00 bits per heavy atom. The Labute approximate surface area is 88.8 Å². The van der Waals surface area contributed by atoms with Gasteiger partial charge in [-0.1, -0.05) is 22.0 Å². The molecule has 4 heteroatoms. The lowest BCUT2D eigenvalue weighted by Crippen LogP contribution is -1.87. The van der Waals surface area contributed by atoms with Crippen LogP contribution in [0.2, 0.25) is 0 Å². The fourth-order valence-electron chi connectivity index (χ4n) is 0.975. The van der Waals surface area contributed by atoms with Crippen LogP contribution in [0.4, 0.5) is 10.8 Å². The molecule has 66 valence electrons. The first-order valence-electron chi connectivity index (χ1n) is 3.77. The monoisotopic (exact) mass is 254 g/mol. The Morgan fingerprint density at radius 1 is 1.38 bits per heavy atom. The Morgan fingerprint density at radius 2 is 2.31 bits per heavy atom. The van der Waals surface area contributed by atoms with Gasteiger partial charge in [0.2, 0.25) is 0 Å². The summed E-state index contributed by atoms with van der Waals surface area (Å²) in [4.78, 5) is 4.13. The van der Waals surface area contributed by atoms with Crippen molar-refractivity contribution >= 4 is 38.1 Å². The Balaban J connectivity index is 2.19. The number of benzene rings is 1. The van der Waals surface area contributed by atoms with Crippen molar-refractivity contribution in [2.45, 2.75) is 0 Å². The maximum atomic E-state index is 4.13. The molecule has 2 rings (SSSR count). The molecule has 0 unspecified atom stereocenters. The van der Waals surface area contributed by atoms with Crippen molar-refractivity contribution in [3.05, 3.63) is 40.3 Å². The van der Waals surface area contributed by atoms with Crippen LogP contribution >= 0.6 is 27.3 Å². The molecule has 1 aromatic heterocycles. The van der Waals surface area contributed by atoms with Crippen molar-refractivity contribution in [1.82, 2.24) is 4.98 Å². The lowest BCUT2D eigenvalue weighted by Gasteiger charge is -2.01. The molecule has 13 heavy (non-hydrogen) atoms. The molecule has 0 spiro atoms. The highest BCUT2D eigenvalue weighted by Crippen LogP contribution is 2.21. The normalized spacial score (nSPS) is 9.92. The molecule has 0 saturated carbocycles. The number of nitrogens with one attached hydrogen (secondary N) is 1. The molecule has 0 radical (unpaired) electrons. The van der Waals surface area contributed by atoms with E-state index in [1.165, 1.54) is 0 Å². The molecule has 0 bridgehead atoms. The summed E-state index contributed by atoms with van der Waals surface area (Å²) in [5.41, 5.74) is 1.05. The minimum atomic E-state index is 0.915. The largest absolute Gasteiger partial charge is 0.332 e. The smallest absolute Gasteiger partial charge is 0.187 e. The van der Waals surface area contributed by atoms with Crippen LogP contribution in [0.3, 0.4) is 0 Å². The van der Waals surface area contributed by atoms with Crippen LogP contribution in [0.25, 0.3) is 0 Å². The van der Waals surface area contributed by atoms with Crippen LogP contribution in [-0.2, 0) is 0 Å². The van der Waals surface area contributed by atoms with Gasteiger partial charge in [0.15, 0.2) is 5.13 Å². The van der Waals surface area contributed by atoms with Gasteiger partial charge in [0.05, 0.1) is 0 Å². The summed E-state index contributed by atoms with van der Waals surface area (Å²) in [7, 11) is 0. The average molecular weight is 255 g/mol. The van der Waals surface area contributed by atoms with Crippen molar-refractivity contribution in [3.8, 4) is 0 Å². The van der Waals surface area contributed by atoms with Gasteiger partial charge in [-0.2, -0.15) is 0 Å². The summed E-state index contributed by atoms with van der Waals surface area (Å²) < 4.78 is 1.06. The second-order valence-electron chi connectivity index (χ2n) is 2.47. The highest BCUT2D eigenvalue weighted by molar-refractivity contribution is 9.10. The zero-order chi connectivity index (χ0) is 9.10. The molecule has 0 amide bonds. The minimum Gasteiger partial charge on any atom is -0.332 e. The summed E-state index contributed by atoms with van der Waals surface area (Å²) >= 11 is 5.00. The Hall–Kier alpha value is -0.870. The number of thiazole rings is 1. The number of aromatic nitrogens is 1. The third kappa shape index (κ3) is 2.29. The van der Waals surface area contributed by atoms with Crippen molar-refractivity contribution in [3.63, 3.8) is 0 Å². The third-order valence-corrected chi connectivity index (χ3v) is 2.69. The first-order valence-corrected chi connectivity index (χ1v) is 5.44. The molecule has 0 fully saturated rings. The van der Waals surface area contributed by atoms with E-state index in [9.17, 15) is 0 Å². The van der Waals surface area contributed by atoms with Crippen molar-refractivity contribution in [2.24, 2.45) is 0 Å². The number of rotatable bonds is 2. The highest BCUT2D eigenvalue weighted by Gasteiger charge is 1.95. The van der Waals surface area contributed by atoms with Gasteiger partial charge in [-0.3, -0.25) is 0 Å². The zero-order valence-electron chi connectivity index (χ0n) is 6.70. The van der Waals surface area contributed by atoms with Gasteiger partial charge in [-0.05, 0) is 18.2 Å². The second kappa shape index (κ2) is 3.89. The summed E-state index contributed by atoms with van der Waals surface area (Å²) in [5, 5.41) is 6.06. The molecule has 1 aromatic carbocycles. The highest BCUT2D eigenvalue weighted by atomic mass is 79.9. The minimum absolute atomic E-state index is 0.915. The molecular weight excluding hydrogens is 248 g/mol. The number of hydrogen-bond acceptors (Lipinski definition) is 3. The van der Waals surface area contributed by atoms with Gasteiger partial charge in [0.1, 0.15) is 0 Å². The summed E-state index contributed by atoms with van der Waals surface area (Å²) in [6.07, 6.45) is 1.78. The van der Waals surface area contributed by atoms with E-state index in [2.05, 4.69) is 26.2 Å². The molecule has 0 aliphatic heterocycles. The quantitative estimate of drug-likeness (QED) is 0.885. The Kier molecular flexibility index (Phi) is 2.61. The van der Waals surface area contributed by atoms with Gasteiger partial charge >= 0.3 is 0 Å². The van der Waals surface area contributed by atoms with Crippen LogP contribution in [0.15, 0.2) is 40.3 Å². The van der Waals surface area contributed by atoms with Crippen molar-refractivity contribution < 1.29 is 0 Å². The van der Waals surface area contributed by atoms with Crippen molar-refractivity contribution in [1.29, 1.82) is 0 Å². The SMILES string of the molecule is Brc1cccc(Nc2nccs2)c1. The summed E-state index contributed by atoms with van der Waals surface area (Å²) in [6, 6.07) is 8.00. The van der Waals surface area contributed by atoms with Gasteiger partial charge in [0, 0.05) is 21.7 Å². The van der Waals surface area contributed by atoms with E-state index >= 15 is 0 Å². The number of anilines is 2. The topological polar surface area (TPSA) is 24.9 Å². The molecule has 0 aliphatic carbocycles. The number of hydrogen-bond donors (Lipinski definition) is 1. The van der Waals surface area contributed by atoms with E-state index in [1.54, 1.807) is 17.5 Å². The van der Waals surface area contributed by atoms with Crippen LogP contribution in [0, 0.1) is 0 Å². The van der Waals surface area contributed by atoms with Crippen LogP contribution in [0.1, 0.15) is 0 Å². The van der Waals surface area contributed by atoms with Gasteiger partial charge in [0.25, 0.3) is 0 Å². The first kappa shape index (κ1) is 8.72. The van der Waals surface area contributed by atoms with E-state index in [-0.39, 0.29) is 0 Å². The van der Waals surface area contributed by atoms with Gasteiger partial charge in [-0.15, -0.1) is 11.3 Å². The maximum absolute atomic E-state index is 4.13. The van der Waals surface area contributed by atoms with E-state index in [0.717, 1.165) is 15.3 Å². The van der Waals surface area contributed by atoms with E-state index in [4.69, 9.17) is 0 Å². The molecule has 2 nitrogen and oxygen atoms in total. The Bertz CT molecular complexity index is 386. The average Bonchev–Trinajstić information content (AvgIpc) is 2.57. The zero-order valence-corrected chi connectivity index (χ0v) is 9.10. The van der Waals surface area contributed by atoms with Crippen LogP contribution < -0.4 is 5.32 Å². The second-order valence-corrected chi connectivity index (χ2v) is 4.28. The molecule has 0 aliphatic rings. The van der Waals surface area contributed by atoms with Gasteiger partial charge in [-0.25, -0.2) is 4.98 Å². The van der Waals surface area contributed by atoms with Crippen LogP contribution in [0.5, 0.6) is 0 Å². The molecule has 0 atom stereocenters. The van der Waals surface area contributed by atoms with E-state index < -0.39 is 0 Å². The fourth-order valence-corrected chi connectivity index (χ4v) is 1.92. The fraction of sp³-hybridized carbons (Fsp3) is 0. The summed E-state index contributed by atoms with van der Waals surface area (Å²) in [6.45, 7) is 0. The number of nitrogens with zero attached hydrogens (tertiary/aromatic N) is 1. The third-order valence-electron chi connectivity index (χ3n) is 1.51. The van der Waals surface area contributed by atoms with Gasteiger partial charge < -0.3 is 5.32 Å². The first-order chi connectivity index (χ1) is 6.34. The molecule has 2 aromatic rings. The van der Waals surface area contributed by atoms with Crippen molar-refractivity contribution in [2.75, 3.05) is 5.32 Å². The molecule has 0 saturated heterocycles. The van der Waals surface area contributed by atoms with E-state index in [1.807, 2.05) is 29.6 Å². The maximum Gasteiger partial charge on any atom is 0.187 e. The molecule has 1 heterocycles. The van der Waals surface area contributed by atoms with E-state index in [0.29, 0.717) is 0 Å².